The maximum absolute atomic E-state index is 12.3. The number of piperidine rings is 1. The fraction of sp³-hybridized carbons (Fsp3) is 0.800. The Labute approximate surface area is 136 Å². The minimum atomic E-state index is 0.299. The van der Waals surface area contributed by atoms with E-state index >= 15 is 0 Å². The van der Waals surface area contributed by atoms with Gasteiger partial charge in [-0.3, -0.25) is 14.4 Å². The van der Waals surface area contributed by atoms with E-state index in [1.54, 1.807) is 11.0 Å². The maximum Gasteiger partial charge on any atom is 0.222 e. The molecule has 0 saturated carbocycles. The second kappa shape index (κ2) is 7.97. The van der Waals surface area contributed by atoms with Crippen molar-refractivity contribution >= 4 is 17.7 Å². The summed E-state index contributed by atoms with van der Waals surface area (Å²) < 4.78 is 1.79. The molecule has 0 aliphatic carbocycles. The zero-order valence-corrected chi connectivity index (χ0v) is 13.9. The average Bonchev–Trinajstić information content (AvgIpc) is 3.09. The molecular weight excluding hydrogens is 298 g/mol. The molecule has 2 fully saturated rings. The third-order valence-electron chi connectivity index (χ3n) is 4.62. The Morgan fingerprint density at radius 3 is 2.64 bits per heavy atom. The van der Waals surface area contributed by atoms with E-state index in [1.807, 2.05) is 0 Å². The number of hydrogen-bond acceptors (Lipinski definition) is 5. The maximum atomic E-state index is 12.3. The minimum absolute atomic E-state index is 0.299. The summed E-state index contributed by atoms with van der Waals surface area (Å²) in [6.45, 7) is 5.07. The predicted octanol–water partition coefficient (Wildman–Crippen LogP) is 1.10. The number of hydrogen-bond donors (Lipinski definition) is 0. The molecule has 2 aliphatic heterocycles. The van der Waals surface area contributed by atoms with Crippen molar-refractivity contribution in [3.8, 4) is 0 Å². The van der Waals surface area contributed by atoms with Crippen molar-refractivity contribution in [3.05, 3.63) is 12.7 Å². The monoisotopic (exact) mass is 323 g/mol. The molecule has 0 radical (unpaired) electrons. The summed E-state index contributed by atoms with van der Waals surface area (Å²) >= 11 is 2.06. The summed E-state index contributed by atoms with van der Waals surface area (Å²) in [5.74, 6) is 2.83. The van der Waals surface area contributed by atoms with Gasteiger partial charge in [-0.1, -0.05) is 0 Å². The van der Waals surface area contributed by atoms with E-state index in [1.165, 1.54) is 30.9 Å². The van der Waals surface area contributed by atoms with Crippen LogP contribution in [0.1, 0.15) is 25.7 Å². The fourth-order valence-electron chi connectivity index (χ4n) is 3.32. The van der Waals surface area contributed by atoms with Crippen molar-refractivity contribution < 1.29 is 4.79 Å². The van der Waals surface area contributed by atoms with Gasteiger partial charge in [0.05, 0.1) is 0 Å². The average molecular weight is 323 g/mol. The van der Waals surface area contributed by atoms with Gasteiger partial charge >= 0.3 is 0 Å². The molecule has 3 rings (SSSR count). The van der Waals surface area contributed by atoms with Crippen LogP contribution >= 0.6 is 11.8 Å². The van der Waals surface area contributed by atoms with Gasteiger partial charge in [-0.2, -0.15) is 16.9 Å². The molecule has 0 N–H and O–H groups in total. The van der Waals surface area contributed by atoms with Crippen LogP contribution in [0.25, 0.3) is 0 Å². The molecule has 2 saturated heterocycles. The van der Waals surface area contributed by atoms with Crippen molar-refractivity contribution in [2.24, 2.45) is 0 Å². The molecule has 6 nitrogen and oxygen atoms in total. The molecule has 0 unspecified atom stereocenters. The highest BCUT2D eigenvalue weighted by Gasteiger charge is 2.27. The standard InChI is InChI=1S/C15H25N5OS/c21-15(2-1-5-20-13-16-12-17-20)19-6-3-14(4-7-19)18-8-10-22-11-9-18/h12-14H,1-11H2. The van der Waals surface area contributed by atoms with Crippen molar-refractivity contribution in [1.82, 2.24) is 24.6 Å². The first-order valence-corrected chi connectivity index (χ1v) is 9.40. The van der Waals surface area contributed by atoms with Gasteiger partial charge in [-0.15, -0.1) is 0 Å². The van der Waals surface area contributed by atoms with E-state index in [0.717, 1.165) is 38.9 Å². The Hall–Kier alpha value is -1.08. The molecule has 122 valence electrons. The van der Waals surface area contributed by atoms with Crippen LogP contribution < -0.4 is 0 Å². The first-order chi connectivity index (χ1) is 10.8. The minimum Gasteiger partial charge on any atom is -0.343 e. The van der Waals surface area contributed by atoms with Gasteiger partial charge < -0.3 is 4.90 Å². The molecule has 3 heterocycles. The van der Waals surface area contributed by atoms with Crippen LogP contribution in [-0.4, -0.2) is 74.2 Å². The zero-order valence-electron chi connectivity index (χ0n) is 13.1. The van der Waals surface area contributed by atoms with Crippen LogP contribution in [-0.2, 0) is 11.3 Å². The summed E-state index contributed by atoms with van der Waals surface area (Å²) in [6.07, 6.45) is 6.97. The third-order valence-corrected chi connectivity index (χ3v) is 5.57. The molecule has 7 heteroatoms. The molecular formula is C15H25N5OS. The lowest BCUT2D eigenvalue weighted by atomic mass is 10.0. The Morgan fingerprint density at radius 1 is 1.18 bits per heavy atom. The summed E-state index contributed by atoms with van der Waals surface area (Å²) in [5, 5.41) is 4.06. The number of carbonyl (C=O) groups excluding carboxylic acids is 1. The first-order valence-electron chi connectivity index (χ1n) is 8.25. The van der Waals surface area contributed by atoms with Gasteiger partial charge in [-0.05, 0) is 19.3 Å². The van der Waals surface area contributed by atoms with Crippen LogP contribution in [0.3, 0.4) is 0 Å². The number of rotatable bonds is 5. The molecule has 0 spiro atoms. The van der Waals surface area contributed by atoms with Gasteiger partial charge in [0.1, 0.15) is 12.7 Å². The predicted molar refractivity (Wildman–Crippen MR) is 87.8 cm³/mol. The molecule has 22 heavy (non-hydrogen) atoms. The molecule has 2 aliphatic rings. The van der Waals surface area contributed by atoms with Crippen molar-refractivity contribution in [2.75, 3.05) is 37.7 Å². The third kappa shape index (κ3) is 4.23. The van der Waals surface area contributed by atoms with E-state index in [-0.39, 0.29) is 0 Å². The van der Waals surface area contributed by atoms with E-state index in [4.69, 9.17) is 0 Å². The lowest BCUT2D eigenvalue weighted by molar-refractivity contribution is -0.132. The van der Waals surface area contributed by atoms with Crippen molar-refractivity contribution in [1.29, 1.82) is 0 Å². The van der Waals surface area contributed by atoms with Crippen LogP contribution in [0, 0.1) is 0 Å². The highest BCUT2D eigenvalue weighted by atomic mass is 32.2. The molecule has 0 aromatic carbocycles. The number of nitrogens with zero attached hydrogens (tertiary/aromatic N) is 5. The van der Waals surface area contributed by atoms with E-state index in [0.29, 0.717) is 18.4 Å². The number of amides is 1. The van der Waals surface area contributed by atoms with Gasteiger partial charge in [-0.25, -0.2) is 4.98 Å². The smallest absolute Gasteiger partial charge is 0.222 e. The Balaban J connectivity index is 1.36. The summed E-state index contributed by atoms with van der Waals surface area (Å²) in [7, 11) is 0. The fourth-order valence-corrected chi connectivity index (χ4v) is 4.25. The number of aryl methyl sites for hydroxylation is 1. The second-order valence-corrected chi connectivity index (χ2v) is 7.25. The quantitative estimate of drug-likeness (QED) is 0.812. The van der Waals surface area contributed by atoms with Crippen molar-refractivity contribution in [2.45, 2.75) is 38.3 Å². The normalized spacial score (nSPS) is 21.2. The van der Waals surface area contributed by atoms with Crippen LogP contribution in [0.4, 0.5) is 0 Å². The lowest BCUT2D eigenvalue weighted by Gasteiger charge is -2.40. The number of thioether (sulfide) groups is 1. The summed E-state index contributed by atoms with van der Waals surface area (Å²) in [4.78, 5) is 20.9. The van der Waals surface area contributed by atoms with Gasteiger partial charge in [0, 0.05) is 56.7 Å². The number of aromatic nitrogens is 3. The van der Waals surface area contributed by atoms with E-state index < -0.39 is 0 Å². The van der Waals surface area contributed by atoms with Crippen LogP contribution in [0.2, 0.25) is 0 Å². The Morgan fingerprint density at radius 2 is 1.95 bits per heavy atom. The Kier molecular flexibility index (Phi) is 5.72. The van der Waals surface area contributed by atoms with E-state index in [9.17, 15) is 4.79 Å². The summed E-state index contributed by atoms with van der Waals surface area (Å²) in [5.41, 5.74) is 0. The van der Waals surface area contributed by atoms with Crippen LogP contribution in [0.5, 0.6) is 0 Å². The molecule has 1 aromatic rings. The van der Waals surface area contributed by atoms with Gasteiger partial charge in [0.2, 0.25) is 5.91 Å². The van der Waals surface area contributed by atoms with Crippen LogP contribution in [0.15, 0.2) is 12.7 Å². The molecule has 0 bridgehead atoms. The molecule has 1 amide bonds. The number of carbonyl (C=O) groups is 1. The summed E-state index contributed by atoms with van der Waals surface area (Å²) in [6, 6.07) is 0.695. The van der Waals surface area contributed by atoms with Gasteiger partial charge in [0.25, 0.3) is 0 Å². The zero-order chi connectivity index (χ0) is 15.2. The highest BCUT2D eigenvalue weighted by Crippen LogP contribution is 2.21. The SMILES string of the molecule is O=C(CCCn1cncn1)N1CCC(N2CCSCC2)CC1. The second-order valence-electron chi connectivity index (χ2n) is 6.02. The van der Waals surface area contributed by atoms with Gasteiger partial charge in [0.15, 0.2) is 0 Å². The largest absolute Gasteiger partial charge is 0.343 e. The Bertz CT molecular complexity index is 453. The molecule has 1 aromatic heterocycles. The number of likely N-dealkylation sites (tertiary alicyclic amines) is 1. The van der Waals surface area contributed by atoms with E-state index in [2.05, 4.69) is 31.6 Å². The first kappa shape index (κ1) is 15.8. The van der Waals surface area contributed by atoms with Crippen molar-refractivity contribution in [3.63, 3.8) is 0 Å². The highest BCUT2D eigenvalue weighted by molar-refractivity contribution is 7.99. The topological polar surface area (TPSA) is 54.3 Å². The molecule has 0 atom stereocenters. The lowest BCUT2D eigenvalue weighted by Crippen LogP contribution is -2.49.